The second kappa shape index (κ2) is 4.47. The molecule has 0 aliphatic heterocycles. The molecule has 1 aliphatic rings. The highest BCUT2D eigenvalue weighted by molar-refractivity contribution is 5.74. The summed E-state index contributed by atoms with van der Waals surface area (Å²) in [5, 5.41) is 0. The number of hydrogen-bond acceptors (Lipinski definition) is 2. The van der Waals surface area contributed by atoms with Crippen molar-refractivity contribution >= 4 is 11.2 Å². The Bertz CT molecular complexity index is 509. The third kappa shape index (κ3) is 2.19. The Labute approximate surface area is 102 Å². The van der Waals surface area contributed by atoms with Crippen molar-refractivity contribution in [2.45, 2.75) is 45.4 Å². The Morgan fingerprint density at radius 3 is 2.94 bits per heavy atom. The average molecular weight is 229 g/mol. The first-order valence-electron chi connectivity index (χ1n) is 6.63. The molecule has 0 spiro atoms. The van der Waals surface area contributed by atoms with E-state index in [-0.39, 0.29) is 0 Å². The molecule has 17 heavy (non-hydrogen) atoms. The molecule has 0 atom stereocenters. The van der Waals surface area contributed by atoms with E-state index in [0.29, 0.717) is 0 Å². The second-order valence-electron chi connectivity index (χ2n) is 5.20. The van der Waals surface area contributed by atoms with Crippen LogP contribution in [0.3, 0.4) is 0 Å². The van der Waals surface area contributed by atoms with Gasteiger partial charge in [-0.15, -0.1) is 0 Å². The van der Waals surface area contributed by atoms with Crippen LogP contribution in [0.25, 0.3) is 11.2 Å². The largest absolute Gasteiger partial charge is 0.340 e. The molecule has 2 aromatic heterocycles. The number of pyridine rings is 1. The summed E-state index contributed by atoms with van der Waals surface area (Å²) in [7, 11) is 0. The van der Waals surface area contributed by atoms with Gasteiger partial charge >= 0.3 is 0 Å². The summed E-state index contributed by atoms with van der Waals surface area (Å²) in [5.74, 6) is 2.03. The minimum Gasteiger partial charge on any atom is -0.340 e. The van der Waals surface area contributed by atoms with E-state index >= 15 is 0 Å². The number of hydrogen-bond donors (Lipinski definition) is 1. The number of imidazole rings is 1. The minimum atomic E-state index is 0.867. The van der Waals surface area contributed by atoms with Gasteiger partial charge in [-0.3, -0.25) is 0 Å². The van der Waals surface area contributed by atoms with Crippen molar-refractivity contribution in [3.8, 4) is 0 Å². The predicted octanol–water partition coefficient (Wildman–Crippen LogP) is 3.39. The highest BCUT2D eigenvalue weighted by Gasteiger charge is 2.15. The highest BCUT2D eigenvalue weighted by atomic mass is 15.0. The Balaban J connectivity index is 1.74. The summed E-state index contributed by atoms with van der Waals surface area (Å²) in [6, 6.07) is 2.03. The fourth-order valence-corrected chi connectivity index (χ4v) is 2.84. The quantitative estimate of drug-likeness (QED) is 0.876. The van der Waals surface area contributed by atoms with Crippen LogP contribution < -0.4 is 0 Å². The molecule has 1 saturated carbocycles. The Kier molecular flexibility index (Phi) is 2.83. The molecular formula is C14H19N3. The normalized spacial score (nSPS) is 17.0. The lowest BCUT2D eigenvalue weighted by Gasteiger charge is -2.05. The summed E-state index contributed by atoms with van der Waals surface area (Å²) in [5.41, 5.74) is 3.20. The zero-order chi connectivity index (χ0) is 11.7. The molecule has 0 bridgehead atoms. The molecule has 2 aromatic rings. The van der Waals surface area contributed by atoms with E-state index in [4.69, 9.17) is 0 Å². The number of fused-ring (bicyclic) bond motifs is 1. The van der Waals surface area contributed by atoms with Crippen molar-refractivity contribution in [1.82, 2.24) is 15.0 Å². The number of nitrogens with one attached hydrogen (secondary N) is 1. The standard InChI is InChI=1S/C14H19N3/c1-10-8-9-15-14-13(10)16-12(17-14)7-6-11-4-2-3-5-11/h8-9,11H,2-7H2,1H3,(H,15,16,17). The summed E-state index contributed by atoms with van der Waals surface area (Å²) < 4.78 is 0. The van der Waals surface area contributed by atoms with Gasteiger partial charge in [-0.25, -0.2) is 9.97 Å². The van der Waals surface area contributed by atoms with E-state index in [1.54, 1.807) is 0 Å². The predicted molar refractivity (Wildman–Crippen MR) is 68.9 cm³/mol. The maximum Gasteiger partial charge on any atom is 0.177 e. The van der Waals surface area contributed by atoms with Crippen LogP contribution in [-0.4, -0.2) is 15.0 Å². The van der Waals surface area contributed by atoms with Crippen molar-refractivity contribution < 1.29 is 0 Å². The average Bonchev–Trinajstić information content (AvgIpc) is 2.95. The molecule has 1 N–H and O–H groups in total. The van der Waals surface area contributed by atoms with E-state index < -0.39 is 0 Å². The van der Waals surface area contributed by atoms with Gasteiger partial charge in [-0.1, -0.05) is 25.7 Å². The van der Waals surface area contributed by atoms with Crippen molar-refractivity contribution in [2.75, 3.05) is 0 Å². The second-order valence-corrected chi connectivity index (χ2v) is 5.20. The number of aromatic amines is 1. The molecule has 3 rings (SSSR count). The number of aryl methyl sites for hydroxylation is 2. The van der Waals surface area contributed by atoms with Crippen LogP contribution in [0.1, 0.15) is 43.5 Å². The highest BCUT2D eigenvalue weighted by Crippen LogP contribution is 2.28. The van der Waals surface area contributed by atoms with Crippen molar-refractivity contribution in [2.24, 2.45) is 5.92 Å². The van der Waals surface area contributed by atoms with Gasteiger partial charge in [0.25, 0.3) is 0 Å². The maximum absolute atomic E-state index is 4.57. The molecule has 2 heterocycles. The van der Waals surface area contributed by atoms with Crippen LogP contribution in [0.2, 0.25) is 0 Å². The molecule has 3 heteroatoms. The number of aromatic nitrogens is 3. The lowest BCUT2D eigenvalue weighted by atomic mass is 10.0. The first-order chi connectivity index (χ1) is 8.33. The van der Waals surface area contributed by atoms with Crippen LogP contribution in [0.15, 0.2) is 12.3 Å². The van der Waals surface area contributed by atoms with Gasteiger partial charge in [0.05, 0.1) is 5.52 Å². The Morgan fingerprint density at radius 2 is 2.18 bits per heavy atom. The number of nitrogens with zero attached hydrogens (tertiary/aromatic N) is 2. The Hall–Kier alpha value is -1.38. The fraction of sp³-hybridized carbons (Fsp3) is 0.571. The van der Waals surface area contributed by atoms with Gasteiger partial charge in [-0.05, 0) is 30.9 Å². The summed E-state index contributed by atoms with van der Waals surface area (Å²) in [4.78, 5) is 12.3. The zero-order valence-electron chi connectivity index (χ0n) is 10.4. The Morgan fingerprint density at radius 1 is 1.35 bits per heavy atom. The van der Waals surface area contributed by atoms with E-state index in [1.807, 2.05) is 12.3 Å². The summed E-state index contributed by atoms with van der Waals surface area (Å²) in [6.45, 7) is 2.10. The molecule has 3 nitrogen and oxygen atoms in total. The van der Waals surface area contributed by atoms with E-state index in [9.17, 15) is 0 Å². The minimum absolute atomic E-state index is 0.867. The third-order valence-corrected chi connectivity index (χ3v) is 3.91. The van der Waals surface area contributed by atoms with Crippen molar-refractivity contribution in [1.29, 1.82) is 0 Å². The van der Waals surface area contributed by atoms with E-state index in [2.05, 4.69) is 21.9 Å². The van der Waals surface area contributed by atoms with Crippen molar-refractivity contribution in [3.05, 3.63) is 23.7 Å². The van der Waals surface area contributed by atoms with Gasteiger partial charge in [-0.2, -0.15) is 0 Å². The fourth-order valence-electron chi connectivity index (χ4n) is 2.84. The third-order valence-electron chi connectivity index (χ3n) is 3.91. The SMILES string of the molecule is Cc1ccnc2nc(CCC3CCCC3)[nH]c12. The smallest absolute Gasteiger partial charge is 0.177 e. The first kappa shape index (κ1) is 10.8. The molecule has 0 radical (unpaired) electrons. The topological polar surface area (TPSA) is 41.6 Å². The van der Waals surface area contributed by atoms with E-state index in [0.717, 1.165) is 29.3 Å². The molecular weight excluding hydrogens is 210 g/mol. The van der Waals surface area contributed by atoms with Crippen LogP contribution in [0, 0.1) is 12.8 Å². The number of rotatable bonds is 3. The first-order valence-corrected chi connectivity index (χ1v) is 6.63. The van der Waals surface area contributed by atoms with Gasteiger partial charge < -0.3 is 4.98 Å². The molecule has 1 fully saturated rings. The molecule has 90 valence electrons. The maximum atomic E-state index is 4.57. The van der Waals surface area contributed by atoms with Gasteiger partial charge in [0.2, 0.25) is 0 Å². The molecule has 0 aromatic carbocycles. The molecule has 0 saturated heterocycles. The van der Waals surface area contributed by atoms with Gasteiger partial charge in [0.1, 0.15) is 5.82 Å². The molecule has 1 aliphatic carbocycles. The van der Waals surface area contributed by atoms with Crippen LogP contribution in [0.4, 0.5) is 0 Å². The molecule has 0 amide bonds. The summed E-state index contributed by atoms with van der Waals surface area (Å²) in [6.07, 6.45) is 9.85. The van der Waals surface area contributed by atoms with Crippen LogP contribution in [-0.2, 0) is 6.42 Å². The lowest BCUT2D eigenvalue weighted by Crippen LogP contribution is -1.97. The molecule has 0 unspecified atom stereocenters. The van der Waals surface area contributed by atoms with Crippen LogP contribution >= 0.6 is 0 Å². The summed E-state index contributed by atoms with van der Waals surface area (Å²) >= 11 is 0. The zero-order valence-corrected chi connectivity index (χ0v) is 10.4. The van der Waals surface area contributed by atoms with Gasteiger partial charge in [0.15, 0.2) is 5.65 Å². The lowest BCUT2D eigenvalue weighted by molar-refractivity contribution is 0.498. The van der Waals surface area contributed by atoms with Gasteiger partial charge in [0, 0.05) is 12.6 Å². The van der Waals surface area contributed by atoms with Crippen molar-refractivity contribution in [3.63, 3.8) is 0 Å². The van der Waals surface area contributed by atoms with Crippen LogP contribution in [0.5, 0.6) is 0 Å². The monoisotopic (exact) mass is 229 g/mol. The van der Waals surface area contributed by atoms with E-state index in [1.165, 1.54) is 37.7 Å². The number of H-pyrrole nitrogens is 1.